The topological polar surface area (TPSA) is 66.4 Å². The second-order valence-corrected chi connectivity index (χ2v) is 7.75. The molecule has 0 radical (unpaired) electrons. The van der Waals surface area contributed by atoms with Crippen LogP contribution in [-0.4, -0.2) is 19.6 Å². The summed E-state index contributed by atoms with van der Waals surface area (Å²) in [5, 5.41) is 11.5. The van der Waals surface area contributed by atoms with Gasteiger partial charge in [-0.15, -0.1) is 0 Å². The van der Waals surface area contributed by atoms with Crippen LogP contribution in [0.25, 0.3) is 4.91 Å². The molecular weight excluding hydrogens is 357 g/mol. The fourth-order valence-electron chi connectivity index (χ4n) is 2.50. The van der Waals surface area contributed by atoms with Crippen LogP contribution in [0.1, 0.15) is 11.1 Å². The molecule has 1 atom stereocenters. The summed E-state index contributed by atoms with van der Waals surface area (Å²) in [5.41, 5.74) is 1.27. The number of nitrogens with one attached hydrogen (secondary N) is 1. The molecule has 1 heterocycles. The fraction of sp³-hybridized carbons (Fsp3) is 0.125. The van der Waals surface area contributed by atoms with Crippen LogP contribution < -0.4 is 4.72 Å². The molecule has 1 aliphatic rings. The summed E-state index contributed by atoms with van der Waals surface area (Å²) in [6, 6.07) is 12.6. The maximum Gasteiger partial charge on any atom is 0.245 e. The van der Waals surface area contributed by atoms with Crippen LogP contribution in [0.4, 0.5) is 0 Å². The predicted molar refractivity (Wildman–Crippen MR) is 92.0 cm³/mol. The Kier molecular flexibility index (Phi) is 4.38. The number of hydrogen-bond acceptors (Lipinski definition) is 3. The number of sulfonamides is 1. The van der Waals surface area contributed by atoms with Gasteiger partial charge in [0, 0.05) is 10.0 Å². The summed E-state index contributed by atoms with van der Waals surface area (Å²) in [6.45, 7) is 0. The van der Waals surface area contributed by atoms with Crippen LogP contribution in [0.2, 0.25) is 10.0 Å². The molecule has 0 saturated carbocycles. The molecule has 2 N–H and O–H groups in total. The van der Waals surface area contributed by atoms with Gasteiger partial charge in [0.25, 0.3) is 0 Å². The maximum atomic E-state index is 12.3. The molecule has 0 aromatic heterocycles. The van der Waals surface area contributed by atoms with E-state index < -0.39 is 16.1 Å². The molecule has 0 amide bonds. The molecule has 1 aliphatic heterocycles. The molecule has 0 aliphatic carbocycles. The first-order chi connectivity index (χ1) is 10.9. The van der Waals surface area contributed by atoms with E-state index in [0.717, 1.165) is 5.56 Å². The molecular formula is C16H13Cl2NO3S. The van der Waals surface area contributed by atoms with Gasteiger partial charge in [0.05, 0.1) is 6.04 Å². The number of aliphatic hydroxyl groups is 1. The fourth-order valence-corrected chi connectivity index (χ4v) is 4.30. The SMILES string of the molecule is O=S1(=O)NC(Cc2ccc(Cl)cc2)C(O)=C1c1ccc(Cl)cc1. The van der Waals surface area contributed by atoms with Gasteiger partial charge in [0.15, 0.2) is 0 Å². The zero-order chi connectivity index (χ0) is 16.6. The van der Waals surface area contributed by atoms with Crippen molar-refractivity contribution in [2.75, 3.05) is 0 Å². The maximum absolute atomic E-state index is 12.3. The highest BCUT2D eigenvalue weighted by Crippen LogP contribution is 2.32. The summed E-state index contributed by atoms with van der Waals surface area (Å²) >= 11 is 11.7. The van der Waals surface area contributed by atoms with Gasteiger partial charge >= 0.3 is 0 Å². The Morgan fingerprint density at radius 3 is 2.04 bits per heavy atom. The van der Waals surface area contributed by atoms with Crippen molar-refractivity contribution in [1.82, 2.24) is 4.72 Å². The molecule has 0 fully saturated rings. The van der Waals surface area contributed by atoms with Gasteiger partial charge in [0.2, 0.25) is 10.0 Å². The van der Waals surface area contributed by atoms with Crippen LogP contribution in [0, 0.1) is 0 Å². The van der Waals surface area contributed by atoms with E-state index in [9.17, 15) is 13.5 Å². The zero-order valence-electron chi connectivity index (χ0n) is 11.8. The van der Waals surface area contributed by atoms with Gasteiger partial charge in [0.1, 0.15) is 10.7 Å². The highest BCUT2D eigenvalue weighted by Gasteiger charge is 2.37. The number of aliphatic hydroxyl groups excluding tert-OH is 1. The third kappa shape index (κ3) is 3.38. The number of hydrogen-bond donors (Lipinski definition) is 2. The van der Waals surface area contributed by atoms with Crippen molar-refractivity contribution >= 4 is 38.1 Å². The van der Waals surface area contributed by atoms with Crippen molar-refractivity contribution in [2.45, 2.75) is 12.5 Å². The van der Waals surface area contributed by atoms with Crippen LogP contribution >= 0.6 is 23.2 Å². The lowest BCUT2D eigenvalue weighted by Gasteiger charge is -2.10. The van der Waals surface area contributed by atoms with Gasteiger partial charge < -0.3 is 5.11 Å². The monoisotopic (exact) mass is 369 g/mol. The highest BCUT2D eigenvalue weighted by molar-refractivity contribution is 7.99. The standard InChI is InChI=1S/C16H13Cl2NO3S/c17-12-5-1-10(2-6-12)9-14-15(20)16(23(21,22)19-14)11-3-7-13(18)8-4-11/h1-8,14,19-20H,9H2. The van der Waals surface area contributed by atoms with Crippen LogP contribution in [0.3, 0.4) is 0 Å². The minimum absolute atomic E-state index is 0.104. The lowest BCUT2D eigenvalue weighted by molar-refractivity contribution is 0.366. The second-order valence-electron chi connectivity index (χ2n) is 5.23. The predicted octanol–water partition coefficient (Wildman–Crippen LogP) is 3.76. The van der Waals surface area contributed by atoms with E-state index in [1.807, 2.05) is 0 Å². The zero-order valence-corrected chi connectivity index (χ0v) is 14.2. The summed E-state index contributed by atoms with van der Waals surface area (Å²) < 4.78 is 27.1. The first-order valence-corrected chi connectivity index (χ1v) is 9.06. The van der Waals surface area contributed by atoms with E-state index in [1.54, 1.807) is 48.5 Å². The van der Waals surface area contributed by atoms with E-state index in [-0.39, 0.29) is 10.7 Å². The minimum atomic E-state index is -3.77. The molecule has 2 aromatic rings. The highest BCUT2D eigenvalue weighted by atomic mass is 35.5. The Balaban J connectivity index is 1.95. The summed E-state index contributed by atoms with van der Waals surface area (Å²) in [7, 11) is -3.77. The van der Waals surface area contributed by atoms with Crippen LogP contribution in [-0.2, 0) is 16.4 Å². The van der Waals surface area contributed by atoms with Gasteiger partial charge in [-0.25, -0.2) is 8.42 Å². The third-order valence-electron chi connectivity index (χ3n) is 3.59. The molecule has 7 heteroatoms. The van der Waals surface area contributed by atoms with E-state index in [0.29, 0.717) is 22.0 Å². The Hall–Kier alpha value is -1.53. The smallest absolute Gasteiger partial charge is 0.245 e. The average molecular weight is 370 g/mol. The van der Waals surface area contributed by atoms with Crippen LogP contribution in [0.5, 0.6) is 0 Å². The lowest BCUT2D eigenvalue weighted by atomic mass is 10.0. The van der Waals surface area contributed by atoms with E-state index >= 15 is 0 Å². The number of halogens is 2. The van der Waals surface area contributed by atoms with E-state index in [4.69, 9.17) is 23.2 Å². The minimum Gasteiger partial charge on any atom is -0.509 e. The Labute approximate surface area is 144 Å². The molecule has 120 valence electrons. The van der Waals surface area contributed by atoms with Gasteiger partial charge in [-0.1, -0.05) is 47.5 Å². The second kappa shape index (κ2) is 6.17. The number of rotatable bonds is 3. The molecule has 0 saturated heterocycles. The van der Waals surface area contributed by atoms with Crippen molar-refractivity contribution in [1.29, 1.82) is 0 Å². The first-order valence-electron chi connectivity index (χ1n) is 6.83. The van der Waals surface area contributed by atoms with Gasteiger partial charge in [-0.3, -0.25) is 0 Å². The van der Waals surface area contributed by atoms with Gasteiger partial charge in [-0.05, 0) is 41.8 Å². The summed E-state index contributed by atoms with van der Waals surface area (Å²) in [6.07, 6.45) is 0.333. The summed E-state index contributed by atoms with van der Waals surface area (Å²) in [5.74, 6) is -0.192. The largest absolute Gasteiger partial charge is 0.509 e. The first kappa shape index (κ1) is 16.3. The Morgan fingerprint density at radius 2 is 1.48 bits per heavy atom. The molecule has 3 rings (SSSR count). The van der Waals surface area contributed by atoms with Crippen molar-refractivity contribution in [3.63, 3.8) is 0 Å². The summed E-state index contributed by atoms with van der Waals surface area (Å²) in [4.78, 5) is -0.104. The van der Waals surface area contributed by atoms with Crippen LogP contribution in [0.15, 0.2) is 54.3 Å². The Morgan fingerprint density at radius 1 is 0.957 bits per heavy atom. The van der Waals surface area contributed by atoms with Crippen molar-refractivity contribution in [2.24, 2.45) is 0 Å². The van der Waals surface area contributed by atoms with Crippen molar-refractivity contribution in [3.8, 4) is 0 Å². The number of benzene rings is 2. The average Bonchev–Trinajstić information content (AvgIpc) is 2.72. The van der Waals surface area contributed by atoms with E-state index in [2.05, 4.69) is 4.72 Å². The Bertz CT molecular complexity index is 859. The van der Waals surface area contributed by atoms with E-state index in [1.165, 1.54) is 0 Å². The normalized spacial score (nSPS) is 20.0. The molecule has 2 aromatic carbocycles. The molecule has 23 heavy (non-hydrogen) atoms. The van der Waals surface area contributed by atoms with Crippen molar-refractivity contribution in [3.05, 3.63) is 75.5 Å². The quantitative estimate of drug-likeness (QED) is 0.865. The van der Waals surface area contributed by atoms with Gasteiger partial charge in [-0.2, -0.15) is 4.72 Å². The van der Waals surface area contributed by atoms with Crippen molar-refractivity contribution < 1.29 is 13.5 Å². The molecule has 4 nitrogen and oxygen atoms in total. The molecule has 1 unspecified atom stereocenters. The lowest BCUT2D eigenvalue weighted by Crippen LogP contribution is -2.30. The molecule has 0 bridgehead atoms. The molecule has 0 spiro atoms. The third-order valence-corrected chi connectivity index (χ3v) is 5.67.